The highest BCUT2D eigenvalue weighted by atomic mass is 32.2. The van der Waals surface area contributed by atoms with Crippen molar-refractivity contribution in [3.05, 3.63) is 124 Å². The van der Waals surface area contributed by atoms with Crippen LogP contribution in [0.5, 0.6) is 11.5 Å². The van der Waals surface area contributed by atoms with Gasteiger partial charge in [-0.15, -0.1) is 11.8 Å². The molecule has 0 fully saturated rings. The smallest absolute Gasteiger partial charge is 0.272 e. The number of carbonyl (C=O) groups is 3. The van der Waals surface area contributed by atoms with Gasteiger partial charge in [-0.3, -0.25) is 24.5 Å². The highest BCUT2D eigenvalue weighted by molar-refractivity contribution is 8.00. The third-order valence-corrected chi connectivity index (χ3v) is 7.08. The van der Waals surface area contributed by atoms with E-state index in [1.807, 2.05) is 0 Å². The van der Waals surface area contributed by atoms with Crippen LogP contribution in [-0.2, 0) is 9.59 Å². The number of anilines is 2. The predicted molar refractivity (Wildman–Crippen MR) is 169 cm³/mol. The van der Waals surface area contributed by atoms with Gasteiger partial charge in [-0.1, -0.05) is 36.4 Å². The Balaban J connectivity index is 1.49. The van der Waals surface area contributed by atoms with E-state index in [9.17, 15) is 24.5 Å². The Labute approximate surface area is 257 Å². The molecule has 0 aliphatic heterocycles. The fourth-order valence-corrected chi connectivity index (χ4v) is 4.75. The Morgan fingerprint density at radius 2 is 1.57 bits per heavy atom. The maximum Gasteiger partial charge on any atom is 0.272 e. The summed E-state index contributed by atoms with van der Waals surface area (Å²) >= 11 is 1.24. The molecule has 224 valence electrons. The molecule has 0 aliphatic carbocycles. The van der Waals surface area contributed by atoms with Crippen LogP contribution >= 0.6 is 11.8 Å². The van der Waals surface area contributed by atoms with Crippen LogP contribution in [0.3, 0.4) is 0 Å². The molecule has 0 heterocycles. The maximum atomic E-state index is 13.5. The van der Waals surface area contributed by atoms with E-state index in [0.29, 0.717) is 38.9 Å². The lowest BCUT2D eigenvalue weighted by Crippen LogP contribution is -2.30. The van der Waals surface area contributed by atoms with E-state index in [0.717, 1.165) is 0 Å². The fraction of sp³-hybridized carbons (Fsp3) is 0.0938. The molecule has 4 aromatic carbocycles. The summed E-state index contributed by atoms with van der Waals surface area (Å²) in [6, 6.07) is 26.1. The first-order valence-electron chi connectivity index (χ1n) is 13.1. The van der Waals surface area contributed by atoms with E-state index >= 15 is 0 Å². The second-order valence-corrected chi connectivity index (χ2v) is 10.1. The first-order valence-corrected chi connectivity index (χ1v) is 14.1. The molecule has 0 unspecified atom stereocenters. The van der Waals surface area contributed by atoms with Crippen LogP contribution in [0.1, 0.15) is 15.9 Å². The van der Waals surface area contributed by atoms with Crippen LogP contribution in [-0.4, -0.2) is 42.6 Å². The van der Waals surface area contributed by atoms with Crippen LogP contribution in [0, 0.1) is 10.1 Å². The van der Waals surface area contributed by atoms with Gasteiger partial charge in [-0.05, 0) is 54.6 Å². The fourth-order valence-electron chi connectivity index (χ4n) is 4.00. The van der Waals surface area contributed by atoms with Crippen molar-refractivity contribution in [3.63, 3.8) is 0 Å². The molecule has 0 radical (unpaired) electrons. The maximum absolute atomic E-state index is 13.5. The average Bonchev–Trinajstić information content (AvgIpc) is 3.04. The number of hydrogen-bond acceptors (Lipinski definition) is 8. The molecule has 44 heavy (non-hydrogen) atoms. The number of methoxy groups -OCH3 is 2. The normalized spacial score (nSPS) is 10.8. The molecule has 0 aliphatic rings. The molecule has 0 bridgehead atoms. The molecule has 12 heteroatoms. The number of non-ortho nitro benzene ring substituents is 1. The molecular formula is C32H28N4O7S. The van der Waals surface area contributed by atoms with Crippen molar-refractivity contribution in [2.24, 2.45) is 0 Å². The molecule has 3 amide bonds. The number of carbonyl (C=O) groups excluding carboxylic acids is 3. The van der Waals surface area contributed by atoms with Crippen LogP contribution in [0.2, 0.25) is 0 Å². The SMILES string of the molecule is COc1cccc(/C=C(/NC(=O)c2ccccc2)C(=O)Nc2cccc(SCC(=O)Nc3ccc([N+](=O)[O-])cc3)c2)c1OC. The van der Waals surface area contributed by atoms with Crippen molar-refractivity contribution in [1.29, 1.82) is 0 Å². The van der Waals surface area contributed by atoms with Gasteiger partial charge in [0.2, 0.25) is 5.91 Å². The van der Waals surface area contributed by atoms with Crippen LogP contribution in [0.4, 0.5) is 17.1 Å². The summed E-state index contributed by atoms with van der Waals surface area (Å²) in [5.41, 5.74) is 1.64. The van der Waals surface area contributed by atoms with Crippen molar-refractivity contribution < 1.29 is 28.8 Å². The molecule has 0 saturated heterocycles. The van der Waals surface area contributed by atoms with Gasteiger partial charge in [0.25, 0.3) is 17.5 Å². The number of para-hydroxylation sites is 1. The summed E-state index contributed by atoms with van der Waals surface area (Å²) in [6.45, 7) is 0. The Morgan fingerprint density at radius 1 is 0.841 bits per heavy atom. The molecule has 4 aromatic rings. The van der Waals surface area contributed by atoms with Gasteiger partial charge in [-0.2, -0.15) is 0 Å². The third kappa shape index (κ3) is 8.46. The number of benzene rings is 4. The minimum Gasteiger partial charge on any atom is -0.493 e. The number of nitro groups is 1. The van der Waals surface area contributed by atoms with Crippen molar-refractivity contribution in [1.82, 2.24) is 5.32 Å². The minimum atomic E-state index is -0.586. The molecule has 0 spiro atoms. The zero-order chi connectivity index (χ0) is 31.5. The molecule has 0 saturated carbocycles. The highest BCUT2D eigenvalue weighted by Crippen LogP contribution is 2.32. The molecule has 4 rings (SSSR count). The van der Waals surface area contributed by atoms with Crippen LogP contribution in [0.25, 0.3) is 6.08 Å². The van der Waals surface area contributed by atoms with Gasteiger partial charge in [-0.25, -0.2) is 0 Å². The number of nitrogens with one attached hydrogen (secondary N) is 3. The lowest BCUT2D eigenvalue weighted by atomic mass is 10.1. The largest absolute Gasteiger partial charge is 0.493 e. The van der Waals surface area contributed by atoms with E-state index in [1.54, 1.807) is 72.8 Å². The summed E-state index contributed by atoms with van der Waals surface area (Å²) < 4.78 is 10.9. The van der Waals surface area contributed by atoms with E-state index < -0.39 is 16.7 Å². The molecule has 0 aromatic heterocycles. The number of hydrogen-bond donors (Lipinski definition) is 3. The topological polar surface area (TPSA) is 149 Å². The van der Waals surface area contributed by atoms with E-state index in [-0.39, 0.29) is 23.0 Å². The second kappa shape index (κ2) is 15.0. The van der Waals surface area contributed by atoms with Crippen LogP contribution in [0.15, 0.2) is 108 Å². The summed E-state index contributed by atoms with van der Waals surface area (Å²) in [5.74, 6) is -0.464. The van der Waals surface area contributed by atoms with Crippen molar-refractivity contribution in [2.45, 2.75) is 4.90 Å². The van der Waals surface area contributed by atoms with Gasteiger partial charge in [0, 0.05) is 39.5 Å². The van der Waals surface area contributed by atoms with Gasteiger partial charge < -0.3 is 25.4 Å². The highest BCUT2D eigenvalue weighted by Gasteiger charge is 2.18. The monoisotopic (exact) mass is 612 g/mol. The molecular weight excluding hydrogens is 584 g/mol. The average molecular weight is 613 g/mol. The van der Waals surface area contributed by atoms with Gasteiger partial charge in [0.05, 0.1) is 24.9 Å². The quantitative estimate of drug-likeness (QED) is 0.0792. The minimum absolute atomic E-state index is 0.0362. The Bertz CT molecular complexity index is 1690. The summed E-state index contributed by atoms with van der Waals surface area (Å²) in [4.78, 5) is 50.0. The number of thioether (sulfide) groups is 1. The number of amides is 3. The zero-order valence-corrected chi connectivity index (χ0v) is 24.6. The predicted octanol–water partition coefficient (Wildman–Crippen LogP) is 5.75. The summed E-state index contributed by atoms with van der Waals surface area (Å²) in [5, 5.41) is 19.0. The van der Waals surface area contributed by atoms with Crippen molar-refractivity contribution in [2.75, 3.05) is 30.6 Å². The van der Waals surface area contributed by atoms with E-state index in [4.69, 9.17) is 9.47 Å². The summed E-state index contributed by atoms with van der Waals surface area (Å²) in [6.07, 6.45) is 1.50. The number of rotatable bonds is 12. The number of nitro benzene ring substituents is 1. The van der Waals surface area contributed by atoms with Gasteiger partial charge >= 0.3 is 0 Å². The Hall–Kier alpha value is -5.62. The Kier molecular flexibility index (Phi) is 10.7. The van der Waals surface area contributed by atoms with Crippen molar-refractivity contribution >= 4 is 52.6 Å². The molecule has 3 N–H and O–H groups in total. The van der Waals surface area contributed by atoms with Crippen LogP contribution < -0.4 is 25.4 Å². The van der Waals surface area contributed by atoms with Crippen molar-refractivity contribution in [3.8, 4) is 11.5 Å². The lowest BCUT2D eigenvalue weighted by Gasteiger charge is -2.14. The summed E-state index contributed by atoms with van der Waals surface area (Å²) in [7, 11) is 2.98. The van der Waals surface area contributed by atoms with E-state index in [1.165, 1.54) is 56.3 Å². The second-order valence-electron chi connectivity index (χ2n) is 9.08. The third-order valence-electron chi connectivity index (χ3n) is 6.09. The van der Waals surface area contributed by atoms with Gasteiger partial charge in [0.15, 0.2) is 11.5 Å². The van der Waals surface area contributed by atoms with Gasteiger partial charge in [0.1, 0.15) is 5.70 Å². The zero-order valence-electron chi connectivity index (χ0n) is 23.7. The first-order chi connectivity index (χ1) is 21.3. The first kappa shape index (κ1) is 31.3. The number of ether oxygens (including phenoxy) is 2. The Morgan fingerprint density at radius 3 is 2.25 bits per heavy atom. The van der Waals surface area contributed by atoms with E-state index in [2.05, 4.69) is 16.0 Å². The lowest BCUT2D eigenvalue weighted by molar-refractivity contribution is -0.384. The standard InChI is InChI=1S/C32H28N4O7S/c1-42-28-13-6-10-22(30(28)43-2)18-27(35-31(38)21-8-4-3-5-9-21)32(39)34-24-11-7-12-26(19-24)44-20-29(37)33-23-14-16-25(17-15-23)36(40)41/h3-19H,20H2,1-2H3,(H,33,37)(H,34,39)(H,35,38)/b27-18+. The molecule has 0 atom stereocenters. The molecule has 11 nitrogen and oxygen atoms in total. The number of nitrogens with zero attached hydrogens (tertiary/aromatic N) is 1.